The Bertz CT molecular complexity index is 1150. The summed E-state index contributed by atoms with van der Waals surface area (Å²) in [7, 11) is -4.39. The molecular weight excluding hydrogens is 762 g/mol. The van der Waals surface area contributed by atoms with Crippen molar-refractivity contribution in [2.24, 2.45) is 5.73 Å². The Hall–Kier alpha value is -2.29. The molecule has 2 atom stereocenters. The number of carbonyl (C=O) groups excluding carboxylic acids is 2. The number of hydrogen-bond donors (Lipinski definition) is 2. The molecule has 3 N–H and O–H groups in total. The van der Waals surface area contributed by atoms with Crippen LogP contribution in [-0.4, -0.2) is 49.3 Å². The first-order chi connectivity index (χ1) is 28.8. The molecule has 342 valence electrons. The van der Waals surface area contributed by atoms with E-state index in [1.165, 1.54) is 122 Å². The molecule has 0 aliphatic rings. The molecule has 1 unspecified atom stereocenters. The zero-order valence-electron chi connectivity index (χ0n) is 37.7. The molecule has 0 amide bonds. The molecule has 9 nitrogen and oxygen atoms in total. The zero-order valence-corrected chi connectivity index (χ0v) is 38.6. The summed E-state index contributed by atoms with van der Waals surface area (Å²) in [5, 5.41) is 0. The van der Waals surface area contributed by atoms with Crippen molar-refractivity contribution < 1.29 is 37.6 Å². The lowest BCUT2D eigenvalue weighted by Gasteiger charge is -2.19. The number of allylic oxidation sites excluding steroid dienone is 10. The first-order valence-electron chi connectivity index (χ1n) is 23.8. The van der Waals surface area contributed by atoms with E-state index in [4.69, 9.17) is 24.3 Å². The van der Waals surface area contributed by atoms with Gasteiger partial charge in [0.2, 0.25) is 0 Å². The normalized spacial score (nSPS) is 13.8. The highest BCUT2D eigenvalue weighted by molar-refractivity contribution is 7.47. The highest BCUT2D eigenvalue weighted by atomic mass is 31.2. The van der Waals surface area contributed by atoms with Gasteiger partial charge in [0.15, 0.2) is 6.10 Å². The summed E-state index contributed by atoms with van der Waals surface area (Å²) in [5.74, 6) is -0.894. The largest absolute Gasteiger partial charge is 0.472 e. The second-order valence-corrected chi connectivity index (χ2v) is 17.1. The third kappa shape index (κ3) is 45.1. The summed E-state index contributed by atoms with van der Waals surface area (Å²) in [4.78, 5) is 34.9. The van der Waals surface area contributed by atoms with E-state index in [-0.39, 0.29) is 32.6 Å². The van der Waals surface area contributed by atoms with Crippen LogP contribution in [0.25, 0.3) is 0 Å². The Morgan fingerprint density at radius 3 is 1.41 bits per heavy atom. The van der Waals surface area contributed by atoms with E-state index in [1.807, 2.05) is 0 Å². The Labute approximate surface area is 361 Å². The lowest BCUT2D eigenvalue weighted by Crippen LogP contribution is -2.29. The van der Waals surface area contributed by atoms with Gasteiger partial charge in [-0.2, -0.15) is 0 Å². The quantitative estimate of drug-likeness (QED) is 0.0266. The van der Waals surface area contributed by atoms with E-state index in [0.29, 0.717) is 12.8 Å². The minimum Gasteiger partial charge on any atom is -0.462 e. The fourth-order valence-electron chi connectivity index (χ4n) is 6.33. The number of phosphoric ester groups is 1. The number of nitrogens with two attached hydrogens (primary N) is 1. The summed E-state index contributed by atoms with van der Waals surface area (Å²) >= 11 is 0. The fourth-order valence-corrected chi connectivity index (χ4v) is 7.09. The average molecular weight is 850 g/mol. The van der Waals surface area contributed by atoms with Gasteiger partial charge in [-0.15, -0.1) is 0 Å². The fraction of sp³-hybridized carbons (Fsp3) is 0.755. The smallest absolute Gasteiger partial charge is 0.462 e. The van der Waals surface area contributed by atoms with Crippen LogP contribution in [0.2, 0.25) is 0 Å². The molecule has 0 aromatic carbocycles. The van der Waals surface area contributed by atoms with Gasteiger partial charge in [-0.3, -0.25) is 18.6 Å². The molecule has 0 rings (SSSR count). The zero-order chi connectivity index (χ0) is 43.2. The number of hydrogen-bond acceptors (Lipinski definition) is 8. The standard InChI is InChI=1S/C49H88NO8P/c1-3-5-7-9-11-13-15-17-19-21-22-23-24-26-28-30-32-34-36-38-40-42-49(52)58-47(46-57-59(53,54)56-44-43-50)45-55-48(51)41-39-37-35-33-31-29-27-25-20-18-16-14-12-10-8-6-4-2/h12,14,17-20,27,29,33,35,47H,3-11,13,15-16,21-26,28,30-32,34,36-46,50H2,1-2H3,(H,53,54)/t47-/m1/s1. The first-order valence-corrected chi connectivity index (χ1v) is 25.3. The predicted molar refractivity (Wildman–Crippen MR) is 247 cm³/mol. The predicted octanol–water partition coefficient (Wildman–Crippen LogP) is 14.1. The molecule has 0 aliphatic heterocycles. The van der Waals surface area contributed by atoms with Gasteiger partial charge < -0.3 is 20.1 Å². The van der Waals surface area contributed by atoms with Gasteiger partial charge in [-0.1, -0.05) is 177 Å². The third-order valence-corrected chi connectivity index (χ3v) is 10.9. The minimum absolute atomic E-state index is 0.0443. The van der Waals surface area contributed by atoms with Crippen LogP contribution >= 0.6 is 7.82 Å². The Morgan fingerprint density at radius 1 is 0.508 bits per heavy atom. The van der Waals surface area contributed by atoms with Crippen molar-refractivity contribution in [3.05, 3.63) is 60.8 Å². The summed E-state index contributed by atoms with van der Waals surface area (Å²) in [6.07, 6.45) is 54.0. The molecular formula is C49H88NO8P. The van der Waals surface area contributed by atoms with E-state index < -0.39 is 32.5 Å². The van der Waals surface area contributed by atoms with E-state index in [9.17, 15) is 19.0 Å². The second kappa shape index (κ2) is 45.2. The first kappa shape index (κ1) is 56.7. The van der Waals surface area contributed by atoms with Gasteiger partial charge in [-0.05, 0) is 77.0 Å². The summed E-state index contributed by atoms with van der Waals surface area (Å²) in [5.41, 5.74) is 5.35. The molecule has 10 heteroatoms. The highest BCUT2D eigenvalue weighted by Gasteiger charge is 2.26. The number of ether oxygens (including phenoxy) is 2. The number of phosphoric acid groups is 1. The van der Waals surface area contributed by atoms with Crippen LogP contribution in [0.4, 0.5) is 0 Å². The van der Waals surface area contributed by atoms with Crippen LogP contribution in [-0.2, 0) is 32.7 Å². The average Bonchev–Trinajstić information content (AvgIpc) is 3.22. The number of rotatable bonds is 44. The number of unbranched alkanes of at least 4 members (excludes halogenated alkanes) is 21. The van der Waals surface area contributed by atoms with Gasteiger partial charge >= 0.3 is 19.8 Å². The maximum absolute atomic E-state index is 12.6. The number of esters is 2. The van der Waals surface area contributed by atoms with E-state index in [2.05, 4.69) is 74.6 Å². The molecule has 0 heterocycles. The Kier molecular flexibility index (Phi) is 43.5. The summed E-state index contributed by atoms with van der Waals surface area (Å²) < 4.78 is 32.8. The minimum atomic E-state index is -4.39. The van der Waals surface area contributed by atoms with E-state index in [1.54, 1.807) is 0 Å². The van der Waals surface area contributed by atoms with Crippen LogP contribution in [0.3, 0.4) is 0 Å². The number of carbonyl (C=O) groups is 2. The third-order valence-electron chi connectivity index (χ3n) is 9.88. The van der Waals surface area contributed by atoms with E-state index in [0.717, 1.165) is 44.9 Å². The van der Waals surface area contributed by atoms with E-state index >= 15 is 0 Å². The monoisotopic (exact) mass is 850 g/mol. The van der Waals surface area contributed by atoms with Crippen LogP contribution in [0.1, 0.15) is 206 Å². The van der Waals surface area contributed by atoms with Gasteiger partial charge in [0.25, 0.3) is 0 Å². The van der Waals surface area contributed by atoms with Crippen molar-refractivity contribution in [3.8, 4) is 0 Å². The lowest BCUT2D eigenvalue weighted by atomic mass is 10.0. The van der Waals surface area contributed by atoms with Crippen molar-refractivity contribution in [1.29, 1.82) is 0 Å². The molecule has 0 aromatic heterocycles. The molecule has 0 aromatic rings. The van der Waals surface area contributed by atoms with Gasteiger partial charge in [0, 0.05) is 19.4 Å². The molecule has 0 fully saturated rings. The summed E-state index contributed by atoms with van der Waals surface area (Å²) in [6.45, 7) is 3.65. The molecule has 0 saturated heterocycles. The van der Waals surface area contributed by atoms with Crippen LogP contribution in [0.15, 0.2) is 60.8 Å². The SMILES string of the molecule is CCCCCC=CCC=CCC=CCC=CCCCC(=O)OC[C@H](COP(=O)(O)OCCN)OC(=O)CCCCCCCCCCCCCC=CCCCCCCCC. The molecule has 0 spiro atoms. The Morgan fingerprint density at radius 2 is 0.898 bits per heavy atom. The van der Waals surface area contributed by atoms with Crippen LogP contribution in [0.5, 0.6) is 0 Å². The van der Waals surface area contributed by atoms with Crippen molar-refractivity contribution >= 4 is 19.8 Å². The molecule has 59 heavy (non-hydrogen) atoms. The summed E-state index contributed by atoms with van der Waals surface area (Å²) in [6, 6.07) is 0. The topological polar surface area (TPSA) is 134 Å². The molecule has 0 radical (unpaired) electrons. The van der Waals surface area contributed by atoms with Gasteiger partial charge in [0.05, 0.1) is 13.2 Å². The van der Waals surface area contributed by atoms with Crippen LogP contribution in [0, 0.1) is 0 Å². The maximum atomic E-state index is 12.6. The molecule has 0 saturated carbocycles. The van der Waals surface area contributed by atoms with Crippen molar-refractivity contribution in [1.82, 2.24) is 0 Å². The lowest BCUT2D eigenvalue weighted by molar-refractivity contribution is -0.161. The highest BCUT2D eigenvalue weighted by Crippen LogP contribution is 2.43. The van der Waals surface area contributed by atoms with Gasteiger partial charge in [-0.25, -0.2) is 4.57 Å². The van der Waals surface area contributed by atoms with Crippen molar-refractivity contribution in [2.75, 3.05) is 26.4 Å². The molecule has 0 aliphatic carbocycles. The Balaban J connectivity index is 4.16. The maximum Gasteiger partial charge on any atom is 0.472 e. The van der Waals surface area contributed by atoms with Crippen molar-refractivity contribution in [3.63, 3.8) is 0 Å². The van der Waals surface area contributed by atoms with Crippen LogP contribution < -0.4 is 5.73 Å². The van der Waals surface area contributed by atoms with Crippen molar-refractivity contribution in [2.45, 2.75) is 213 Å². The van der Waals surface area contributed by atoms with Gasteiger partial charge in [0.1, 0.15) is 6.61 Å². The second-order valence-electron chi connectivity index (χ2n) is 15.6. The molecule has 0 bridgehead atoms.